The zero-order valence-electron chi connectivity index (χ0n) is 17.1. The van der Waals surface area contributed by atoms with Gasteiger partial charge in [-0.15, -0.1) is 0 Å². The highest BCUT2D eigenvalue weighted by atomic mass is 32.2. The fourth-order valence-corrected chi connectivity index (χ4v) is 5.34. The lowest BCUT2D eigenvalue weighted by Gasteiger charge is -2.30. The molecule has 0 spiro atoms. The number of rotatable bonds is 6. The van der Waals surface area contributed by atoms with Gasteiger partial charge in [-0.2, -0.15) is 13.1 Å². The van der Waals surface area contributed by atoms with Gasteiger partial charge in [0.15, 0.2) is 0 Å². The molecule has 3 aromatic rings. The number of nitrogens with zero attached hydrogens (tertiary/aromatic N) is 1. The van der Waals surface area contributed by atoms with Crippen molar-refractivity contribution in [1.82, 2.24) is 4.31 Å². The van der Waals surface area contributed by atoms with Gasteiger partial charge in [0.25, 0.3) is 0 Å². The van der Waals surface area contributed by atoms with E-state index in [0.717, 1.165) is 10.8 Å². The summed E-state index contributed by atoms with van der Waals surface area (Å²) in [5.41, 5.74) is 0.156. The van der Waals surface area contributed by atoms with E-state index in [1.807, 2.05) is 24.3 Å². The molecule has 9 heteroatoms. The molecule has 1 amide bonds. The molecule has 0 aromatic heterocycles. The number of hydrogen-bond donors (Lipinski definition) is 1. The molecule has 3 aromatic carbocycles. The SMILES string of the molecule is O=C(Nc1ccccc1OC(F)F)C1CCN(S(=O)(=O)c2ccc3ccccc3c2)CC1. The summed E-state index contributed by atoms with van der Waals surface area (Å²) in [7, 11) is -3.68. The zero-order valence-corrected chi connectivity index (χ0v) is 17.9. The molecule has 1 aliphatic heterocycles. The second-order valence-corrected chi connectivity index (χ2v) is 9.49. The van der Waals surface area contributed by atoms with E-state index < -0.39 is 22.6 Å². The minimum absolute atomic E-state index is 0.118. The number of hydrogen-bond acceptors (Lipinski definition) is 4. The standard InChI is InChI=1S/C23H22F2N2O4S/c24-23(25)31-21-8-4-3-7-20(21)26-22(28)17-11-13-27(14-12-17)32(29,30)19-10-9-16-5-1-2-6-18(16)15-19/h1-10,15,17,23H,11-14H2,(H,26,28). The van der Waals surface area contributed by atoms with Crippen LogP contribution in [0.1, 0.15) is 12.8 Å². The molecule has 0 saturated carbocycles. The largest absolute Gasteiger partial charge is 0.433 e. The number of carbonyl (C=O) groups excluding carboxylic acids is 1. The number of anilines is 1. The highest BCUT2D eigenvalue weighted by molar-refractivity contribution is 7.89. The first kappa shape index (κ1) is 22.2. The van der Waals surface area contributed by atoms with Crippen molar-refractivity contribution in [3.05, 3.63) is 66.7 Å². The second-order valence-electron chi connectivity index (χ2n) is 7.55. The Hall–Kier alpha value is -3.04. The summed E-state index contributed by atoms with van der Waals surface area (Å²) < 4.78 is 57.1. The first-order valence-electron chi connectivity index (χ1n) is 10.2. The van der Waals surface area contributed by atoms with E-state index in [0.29, 0.717) is 12.8 Å². The number of sulfonamides is 1. The van der Waals surface area contributed by atoms with Crippen molar-refractivity contribution in [2.24, 2.45) is 5.92 Å². The fourth-order valence-electron chi connectivity index (χ4n) is 3.84. The Morgan fingerprint density at radius 3 is 2.34 bits per heavy atom. The van der Waals surface area contributed by atoms with Crippen molar-refractivity contribution in [2.45, 2.75) is 24.3 Å². The summed E-state index contributed by atoms with van der Waals surface area (Å²) >= 11 is 0. The van der Waals surface area contributed by atoms with E-state index in [-0.39, 0.29) is 35.3 Å². The normalized spacial score (nSPS) is 15.7. The van der Waals surface area contributed by atoms with Crippen molar-refractivity contribution in [3.63, 3.8) is 0 Å². The molecule has 1 N–H and O–H groups in total. The minimum Gasteiger partial charge on any atom is -0.433 e. The molecule has 1 heterocycles. The van der Waals surface area contributed by atoms with Gasteiger partial charge in [0.2, 0.25) is 15.9 Å². The summed E-state index contributed by atoms with van der Waals surface area (Å²) in [6.07, 6.45) is 0.660. The number of para-hydroxylation sites is 2. The van der Waals surface area contributed by atoms with Crippen LogP contribution in [0.15, 0.2) is 71.6 Å². The number of halogens is 2. The van der Waals surface area contributed by atoms with Gasteiger partial charge in [-0.3, -0.25) is 4.79 Å². The maximum atomic E-state index is 13.1. The number of amides is 1. The molecule has 168 valence electrons. The average Bonchev–Trinajstić information content (AvgIpc) is 2.79. The summed E-state index contributed by atoms with van der Waals surface area (Å²) in [5, 5.41) is 4.42. The number of ether oxygens (including phenoxy) is 1. The van der Waals surface area contributed by atoms with Crippen LogP contribution < -0.4 is 10.1 Å². The second kappa shape index (κ2) is 9.22. The maximum Gasteiger partial charge on any atom is 0.387 e. The van der Waals surface area contributed by atoms with Gasteiger partial charge in [0.1, 0.15) is 5.75 Å². The van der Waals surface area contributed by atoms with E-state index in [1.165, 1.54) is 22.5 Å². The van der Waals surface area contributed by atoms with Crippen molar-refractivity contribution in [1.29, 1.82) is 0 Å². The van der Waals surface area contributed by atoms with Gasteiger partial charge in [0.05, 0.1) is 10.6 Å². The first-order valence-corrected chi connectivity index (χ1v) is 11.6. The van der Waals surface area contributed by atoms with E-state index in [1.54, 1.807) is 24.3 Å². The molecule has 0 atom stereocenters. The lowest BCUT2D eigenvalue weighted by molar-refractivity contribution is -0.121. The lowest BCUT2D eigenvalue weighted by atomic mass is 9.97. The van der Waals surface area contributed by atoms with Crippen molar-refractivity contribution in [2.75, 3.05) is 18.4 Å². The zero-order chi connectivity index (χ0) is 22.7. The fraction of sp³-hybridized carbons (Fsp3) is 0.261. The Kier molecular flexibility index (Phi) is 6.38. The van der Waals surface area contributed by atoms with Crippen LogP contribution >= 0.6 is 0 Å². The van der Waals surface area contributed by atoms with E-state index in [9.17, 15) is 22.0 Å². The molecule has 6 nitrogen and oxygen atoms in total. The molecular weight excluding hydrogens is 438 g/mol. The van der Waals surface area contributed by atoms with Crippen molar-refractivity contribution in [3.8, 4) is 5.75 Å². The van der Waals surface area contributed by atoms with Crippen molar-refractivity contribution >= 4 is 32.4 Å². The van der Waals surface area contributed by atoms with Gasteiger partial charge < -0.3 is 10.1 Å². The summed E-state index contributed by atoms with van der Waals surface area (Å²) in [6, 6.07) is 18.5. The molecule has 1 saturated heterocycles. The molecule has 0 radical (unpaired) electrons. The lowest BCUT2D eigenvalue weighted by Crippen LogP contribution is -2.41. The number of fused-ring (bicyclic) bond motifs is 1. The van der Waals surface area contributed by atoms with Gasteiger partial charge in [-0.25, -0.2) is 8.42 Å². The molecule has 1 aliphatic rings. The summed E-state index contributed by atoms with van der Waals surface area (Å²) in [6.45, 7) is -2.61. The maximum absolute atomic E-state index is 13.1. The third-order valence-electron chi connectivity index (χ3n) is 5.54. The Morgan fingerprint density at radius 1 is 0.969 bits per heavy atom. The molecular formula is C23H22F2N2O4S. The Labute approximate surface area is 184 Å². The molecule has 1 fully saturated rings. The minimum atomic E-state index is -3.68. The number of carbonyl (C=O) groups is 1. The number of piperidine rings is 1. The van der Waals surface area contributed by atoms with Crippen LogP contribution in [0.4, 0.5) is 14.5 Å². The van der Waals surface area contributed by atoms with E-state index >= 15 is 0 Å². The van der Waals surface area contributed by atoms with Crippen LogP contribution in [-0.2, 0) is 14.8 Å². The number of benzene rings is 3. The molecule has 0 aliphatic carbocycles. The summed E-state index contributed by atoms with van der Waals surface area (Å²) in [4.78, 5) is 12.9. The third-order valence-corrected chi connectivity index (χ3v) is 7.44. The Morgan fingerprint density at radius 2 is 1.62 bits per heavy atom. The smallest absolute Gasteiger partial charge is 0.387 e. The van der Waals surface area contributed by atoms with Crippen LogP contribution in [0.5, 0.6) is 5.75 Å². The van der Waals surface area contributed by atoms with Gasteiger partial charge >= 0.3 is 6.61 Å². The van der Waals surface area contributed by atoms with Crippen LogP contribution in [0.25, 0.3) is 10.8 Å². The third kappa shape index (κ3) is 4.73. The van der Waals surface area contributed by atoms with Gasteiger partial charge in [0, 0.05) is 19.0 Å². The van der Waals surface area contributed by atoms with Gasteiger partial charge in [-0.05, 0) is 47.9 Å². The van der Waals surface area contributed by atoms with Crippen LogP contribution in [0.2, 0.25) is 0 Å². The Balaban J connectivity index is 1.42. The van der Waals surface area contributed by atoms with Crippen LogP contribution in [0, 0.1) is 5.92 Å². The summed E-state index contributed by atoms with van der Waals surface area (Å²) in [5.74, 6) is -0.900. The van der Waals surface area contributed by atoms with Crippen LogP contribution in [0.3, 0.4) is 0 Å². The predicted octanol–water partition coefficient (Wildman–Crippen LogP) is 4.48. The topological polar surface area (TPSA) is 75.7 Å². The Bertz CT molecular complexity index is 1230. The first-order chi connectivity index (χ1) is 15.3. The van der Waals surface area contributed by atoms with Gasteiger partial charge in [-0.1, -0.05) is 42.5 Å². The predicted molar refractivity (Wildman–Crippen MR) is 117 cm³/mol. The highest BCUT2D eigenvalue weighted by Crippen LogP contribution is 2.29. The van der Waals surface area contributed by atoms with Crippen LogP contribution in [-0.4, -0.2) is 38.3 Å². The number of alkyl halides is 2. The van der Waals surface area contributed by atoms with E-state index in [4.69, 9.17) is 0 Å². The molecule has 0 bridgehead atoms. The average molecular weight is 461 g/mol. The monoisotopic (exact) mass is 460 g/mol. The van der Waals surface area contributed by atoms with E-state index in [2.05, 4.69) is 10.1 Å². The molecule has 32 heavy (non-hydrogen) atoms. The molecule has 4 rings (SSSR count). The van der Waals surface area contributed by atoms with Crippen molar-refractivity contribution < 1.29 is 26.7 Å². The quantitative estimate of drug-likeness (QED) is 0.589. The molecule has 0 unspecified atom stereocenters. The highest BCUT2D eigenvalue weighted by Gasteiger charge is 2.32. The number of nitrogens with one attached hydrogen (secondary N) is 1.